The van der Waals surface area contributed by atoms with Crippen LogP contribution in [0.1, 0.15) is 37.7 Å². The Morgan fingerprint density at radius 2 is 2.08 bits per heavy atom. The number of anilines is 1. The minimum atomic E-state index is -0.793. The SMILES string of the molecule is C#Cc1c(F)ccc2cc(O)cc(-c3nc4c5c(nc(OCC67CCCN6CC(CN(C)C(=O)OC)C7)nc5c3F)N3CC5CCC(N5)C3CO4)c12. The summed E-state index contributed by atoms with van der Waals surface area (Å²) in [5.41, 5.74) is -0.473. The van der Waals surface area contributed by atoms with Gasteiger partial charge in [-0.3, -0.25) is 4.90 Å². The second kappa shape index (κ2) is 12.3. The molecule has 1 amide bonds. The molecule has 4 aromatic rings. The number of pyridine rings is 1. The number of benzene rings is 2. The predicted molar refractivity (Wildman–Crippen MR) is 189 cm³/mol. The summed E-state index contributed by atoms with van der Waals surface area (Å²) in [4.78, 5) is 32.7. The number of phenolic OH excluding ortho intramolecular Hbond substituents is 1. The van der Waals surface area contributed by atoms with Crippen LogP contribution < -0.4 is 19.7 Å². The van der Waals surface area contributed by atoms with Crippen molar-refractivity contribution in [3.8, 4) is 41.2 Å². The zero-order valence-electron chi connectivity index (χ0n) is 29.0. The number of halogens is 2. The zero-order valence-corrected chi connectivity index (χ0v) is 29.0. The Bertz CT molecular complexity index is 2180. The lowest BCUT2D eigenvalue weighted by Crippen LogP contribution is -2.60. The Labute approximate surface area is 299 Å². The number of piperazine rings is 1. The Balaban J connectivity index is 1.16. The zero-order chi connectivity index (χ0) is 35.9. The van der Waals surface area contributed by atoms with Crippen LogP contribution in [0.2, 0.25) is 0 Å². The van der Waals surface area contributed by atoms with Crippen LogP contribution in [-0.2, 0) is 4.74 Å². The van der Waals surface area contributed by atoms with E-state index in [1.54, 1.807) is 11.9 Å². The first-order chi connectivity index (χ1) is 25.2. The fourth-order valence-corrected chi connectivity index (χ4v) is 9.50. The van der Waals surface area contributed by atoms with Crippen LogP contribution in [0.4, 0.5) is 19.4 Å². The summed E-state index contributed by atoms with van der Waals surface area (Å²) in [6.45, 7) is 3.51. The monoisotopic (exact) mass is 711 g/mol. The number of ether oxygens (including phenoxy) is 3. The number of nitrogens with one attached hydrogen (secondary N) is 1. The summed E-state index contributed by atoms with van der Waals surface area (Å²) in [6.07, 6.45) is 10.1. The molecule has 2 bridgehead atoms. The van der Waals surface area contributed by atoms with E-state index in [-0.39, 0.29) is 94.3 Å². The van der Waals surface area contributed by atoms with Gasteiger partial charge >= 0.3 is 12.1 Å². The molecule has 52 heavy (non-hydrogen) atoms. The highest BCUT2D eigenvalue weighted by Gasteiger charge is 2.50. The lowest BCUT2D eigenvalue weighted by atomic mass is 9.90. The maximum absolute atomic E-state index is 17.2. The predicted octanol–water partition coefficient (Wildman–Crippen LogP) is 4.44. The van der Waals surface area contributed by atoms with E-state index in [1.165, 1.54) is 31.4 Å². The molecular formula is C38H39F2N7O5. The van der Waals surface area contributed by atoms with E-state index in [2.05, 4.69) is 21.0 Å². The number of hydrogen-bond acceptors (Lipinski definition) is 11. The molecule has 4 saturated heterocycles. The van der Waals surface area contributed by atoms with E-state index >= 15 is 8.78 Å². The number of methoxy groups -OCH3 is 1. The van der Waals surface area contributed by atoms with Gasteiger partial charge in [0.15, 0.2) is 5.82 Å². The highest BCUT2D eigenvalue weighted by atomic mass is 19.1. The van der Waals surface area contributed by atoms with Crippen molar-refractivity contribution in [3.63, 3.8) is 0 Å². The Morgan fingerprint density at radius 1 is 1.21 bits per heavy atom. The number of aromatic nitrogens is 3. The molecule has 0 aliphatic carbocycles. The molecule has 270 valence electrons. The third kappa shape index (κ3) is 5.16. The smallest absolute Gasteiger partial charge is 0.409 e. The van der Waals surface area contributed by atoms with Gasteiger partial charge in [-0.25, -0.2) is 18.6 Å². The number of fused-ring (bicyclic) bond motifs is 7. The second-order valence-corrected chi connectivity index (χ2v) is 14.9. The van der Waals surface area contributed by atoms with Crippen molar-refractivity contribution < 1.29 is 32.9 Å². The summed E-state index contributed by atoms with van der Waals surface area (Å²) < 4.78 is 50.1. The van der Waals surface area contributed by atoms with E-state index in [4.69, 9.17) is 35.6 Å². The Kier molecular flexibility index (Phi) is 7.78. The number of carbonyl (C=O) groups excluding carboxylic acids is 1. The molecule has 5 atom stereocenters. The number of amides is 1. The summed E-state index contributed by atoms with van der Waals surface area (Å²) >= 11 is 0. The molecule has 2 aromatic carbocycles. The highest BCUT2D eigenvalue weighted by molar-refractivity contribution is 6.04. The molecular weight excluding hydrogens is 672 g/mol. The quantitative estimate of drug-likeness (QED) is 0.276. The standard InChI is InChI=1S/C38H39F2N7O5/c1-4-24-26(39)8-6-21-12-23(48)13-25(29(21)24)32-31(40)33-30-34(47-17-22-7-9-27(41-22)28(47)18-51-35(30)42-32)44-36(43-33)52-19-38-10-5-11-46(38)16-20(14-38)15-45(2)37(49)50-3/h1,6,8,12-13,20,22,27-28,41,48H,5,7,9-11,14-19H2,2-3H3. The van der Waals surface area contributed by atoms with Crippen LogP contribution in [0.3, 0.4) is 0 Å². The van der Waals surface area contributed by atoms with Crippen molar-refractivity contribution >= 4 is 33.6 Å². The van der Waals surface area contributed by atoms with Gasteiger partial charge in [-0.2, -0.15) is 9.97 Å². The summed E-state index contributed by atoms with van der Waals surface area (Å²) in [7, 11) is 3.12. The lowest BCUT2D eigenvalue weighted by Gasteiger charge is -2.40. The van der Waals surface area contributed by atoms with Gasteiger partial charge in [0.1, 0.15) is 47.2 Å². The van der Waals surface area contributed by atoms with E-state index < -0.39 is 11.6 Å². The maximum atomic E-state index is 17.2. The van der Waals surface area contributed by atoms with E-state index in [9.17, 15) is 9.90 Å². The molecule has 2 aromatic heterocycles. The van der Waals surface area contributed by atoms with Crippen LogP contribution in [0.25, 0.3) is 32.9 Å². The minimum absolute atomic E-state index is 0.0310. The van der Waals surface area contributed by atoms with Crippen molar-refractivity contribution in [1.82, 2.24) is 30.1 Å². The molecule has 2 N–H and O–H groups in total. The van der Waals surface area contributed by atoms with Crippen LogP contribution in [0.5, 0.6) is 17.6 Å². The van der Waals surface area contributed by atoms with Crippen molar-refractivity contribution in [2.24, 2.45) is 5.92 Å². The Hall–Kier alpha value is -5.00. The maximum Gasteiger partial charge on any atom is 0.409 e. The molecule has 5 aliphatic heterocycles. The van der Waals surface area contributed by atoms with Gasteiger partial charge < -0.3 is 34.4 Å². The summed E-state index contributed by atoms with van der Waals surface area (Å²) in [5, 5.41) is 15.4. The van der Waals surface area contributed by atoms with Crippen molar-refractivity contribution in [3.05, 3.63) is 41.5 Å². The molecule has 12 nitrogen and oxygen atoms in total. The first kappa shape index (κ1) is 32.9. The van der Waals surface area contributed by atoms with Crippen molar-refractivity contribution in [2.75, 3.05) is 58.5 Å². The van der Waals surface area contributed by atoms with Crippen LogP contribution in [0, 0.1) is 29.9 Å². The normalized spacial score (nSPS) is 26.1. The molecule has 14 heteroatoms. The van der Waals surface area contributed by atoms with Crippen LogP contribution in [0.15, 0.2) is 24.3 Å². The average Bonchev–Trinajstić information content (AvgIpc) is 3.79. The van der Waals surface area contributed by atoms with Gasteiger partial charge in [0.2, 0.25) is 5.88 Å². The lowest BCUT2D eigenvalue weighted by molar-refractivity contribution is 0.107. The fourth-order valence-electron chi connectivity index (χ4n) is 9.50. The number of terminal acetylenes is 1. The average molecular weight is 712 g/mol. The molecule has 0 spiro atoms. The summed E-state index contributed by atoms with van der Waals surface area (Å²) in [6, 6.07) is 5.81. The third-order valence-electron chi connectivity index (χ3n) is 11.8. The largest absolute Gasteiger partial charge is 0.508 e. The first-order valence-corrected chi connectivity index (χ1v) is 17.8. The topological polar surface area (TPSA) is 125 Å². The van der Waals surface area contributed by atoms with Gasteiger partial charge in [0, 0.05) is 49.7 Å². The molecule has 9 rings (SSSR count). The van der Waals surface area contributed by atoms with E-state index in [0.29, 0.717) is 29.7 Å². The minimum Gasteiger partial charge on any atom is -0.508 e. The third-order valence-corrected chi connectivity index (χ3v) is 11.8. The number of hydrogen-bond donors (Lipinski definition) is 2. The number of phenols is 1. The highest BCUT2D eigenvalue weighted by Crippen LogP contribution is 2.46. The number of rotatable bonds is 6. The molecule has 5 unspecified atom stereocenters. The Morgan fingerprint density at radius 3 is 2.90 bits per heavy atom. The van der Waals surface area contributed by atoms with Gasteiger partial charge in [0.05, 0.1) is 24.3 Å². The van der Waals surface area contributed by atoms with Gasteiger partial charge in [-0.15, -0.1) is 6.42 Å². The van der Waals surface area contributed by atoms with Gasteiger partial charge in [0.25, 0.3) is 0 Å². The first-order valence-electron chi connectivity index (χ1n) is 17.8. The van der Waals surface area contributed by atoms with E-state index in [1.807, 2.05) is 0 Å². The van der Waals surface area contributed by atoms with Crippen molar-refractivity contribution in [1.29, 1.82) is 0 Å². The van der Waals surface area contributed by atoms with E-state index in [0.717, 1.165) is 45.2 Å². The van der Waals surface area contributed by atoms with Crippen LogP contribution >= 0.6 is 0 Å². The molecule has 4 fully saturated rings. The number of nitrogens with zero attached hydrogens (tertiary/aromatic N) is 6. The molecule has 0 saturated carbocycles. The van der Waals surface area contributed by atoms with Crippen molar-refractivity contribution in [2.45, 2.75) is 55.8 Å². The van der Waals surface area contributed by atoms with Gasteiger partial charge in [-0.05, 0) is 68.2 Å². The molecule has 5 aliphatic rings. The summed E-state index contributed by atoms with van der Waals surface area (Å²) in [5.74, 6) is 1.66. The van der Waals surface area contributed by atoms with Gasteiger partial charge in [-0.1, -0.05) is 12.0 Å². The molecule has 7 heterocycles. The second-order valence-electron chi connectivity index (χ2n) is 14.9. The van der Waals surface area contributed by atoms with Crippen LogP contribution in [-0.4, -0.2) is 113 Å². The number of carbonyl (C=O) groups is 1. The molecule has 0 radical (unpaired) electrons. The fraction of sp³-hybridized carbons (Fsp3) is 0.474. The number of aromatic hydroxyl groups is 1.